The number of aromatic amines is 1. The highest BCUT2D eigenvalue weighted by molar-refractivity contribution is 5.80. The molecule has 2 aliphatic heterocycles. The van der Waals surface area contributed by atoms with Crippen molar-refractivity contribution in [3.8, 4) is 0 Å². The van der Waals surface area contributed by atoms with Gasteiger partial charge >= 0.3 is 0 Å². The number of nitrogens with one attached hydrogen (secondary N) is 1. The average Bonchev–Trinajstić information content (AvgIpc) is 3.53. The van der Waals surface area contributed by atoms with Crippen LogP contribution in [0.4, 0.5) is 5.82 Å². The van der Waals surface area contributed by atoms with Crippen LogP contribution in [0.25, 0.3) is 0 Å². The first-order valence-electron chi connectivity index (χ1n) is 10.3. The zero-order valence-corrected chi connectivity index (χ0v) is 15.7. The third kappa shape index (κ3) is 3.33. The van der Waals surface area contributed by atoms with E-state index in [-0.39, 0.29) is 5.92 Å². The summed E-state index contributed by atoms with van der Waals surface area (Å²) in [5.41, 5.74) is 3.93. The molecule has 142 valence electrons. The number of carbonyl (C=O) groups is 1. The highest BCUT2D eigenvalue weighted by Gasteiger charge is 2.34. The maximum absolute atomic E-state index is 13.2. The van der Waals surface area contributed by atoms with E-state index in [2.05, 4.69) is 25.0 Å². The highest BCUT2D eigenvalue weighted by atomic mass is 16.2. The fraction of sp³-hybridized carbons (Fsp3) is 0.571. The van der Waals surface area contributed by atoms with Crippen molar-refractivity contribution in [3.63, 3.8) is 0 Å². The number of pyridine rings is 1. The molecule has 1 saturated heterocycles. The Morgan fingerprint density at radius 1 is 1.11 bits per heavy atom. The Kier molecular flexibility index (Phi) is 4.34. The maximum atomic E-state index is 13.2. The summed E-state index contributed by atoms with van der Waals surface area (Å²) in [4.78, 5) is 22.1. The number of carbonyl (C=O) groups excluding carboxylic acids is 1. The van der Waals surface area contributed by atoms with Crippen LogP contribution in [0.5, 0.6) is 0 Å². The number of rotatable bonds is 3. The molecule has 1 aliphatic carbocycles. The van der Waals surface area contributed by atoms with Gasteiger partial charge in [-0.2, -0.15) is 5.10 Å². The summed E-state index contributed by atoms with van der Waals surface area (Å²) >= 11 is 0. The van der Waals surface area contributed by atoms with Crippen LogP contribution in [-0.4, -0.2) is 52.2 Å². The van der Waals surface area contributed by atoms with Crippen LogP contribution < -0.4 is 4.90 Å². The first-order valence-corrected chi connectivity index (χ1v) is 10.3. The molecule has 6 heteroatoms. The van der Waals surface area contributed by atoms with E-state index < -0.39 is 0 Å². The van der Waals surface area contributed by atoms with Gasteiger partial charge in [-0.1, -0.05) is 6.07 Å². The predicted molar refractivity (Wildman–Crippen MR) is 104 cm³/mol. The smallest absolute Gasteiger partial charge is 0.227 e. The zero-order chi connectivity index (χ0) is 18.2. The lowest BCUT2D eigenvalue weighted by Crippen LogP contribution is -2.46. The van der Waals surface area contributed by atoms with Gasteiger partial charge in [0.15, 0.2) is 0 Å². The molecule has 1 unspecified atom stereocenters. The molecule has 5 rings (SSSR count). The van der Waals surface area contributed by atoms with E-state index in [0.29, 0.717) is 11.8 Å². The van der Waals surface area contributed by atoms with E-state index in [4.69, 9.17) is 0 Å². The Hall–Kier alpha value is -2.37. The summed E-state index contributed by atoms with van der Waals surface area (Å²) in [6.45, 7) is 3.40. The van der Waals surface area contributed by atoms with Crippen molar-refractivity contribution in [2.75, 3.05) is 31.1 Å². The average molecular weight is 365 g/mol. The second kappa shape index (κ2) is 6.98. The molecule has 0 aromatic carbocycles. The SMILES string of the molecule is O=C(C1CCCN(c2ccccn2)C1)N1CCc2[nH]nc(C3CC3)c2CC1. The molecule has 1 saturated carbocycles. The number of anilines is 1. The molecular weight excluding hydrogens is 338 g/mol. The second-order valence-electron chi connectivity index (χ2n) is 8.14. The molecular formula is C21H27N5O. The van der Waals surface area contributed by atoms with E-state index in [1.54, 1.807) is 0 Å². The third-order valence-corrected chi connectivity index (χ3v) is 6.27. The quantitative estimate of drug-likeness (QED) is 0.908. The summed E-state index contributed by atoms with van der Waals surface area (Å²) in [5, 5.41) is 7.81. The van der Waals surface area contributed by atoms with Gasteiger partial charge in [-0.25, -0.2) is 4.98 Å². The molecule has 2 aromatic rings. The fourth-order valence-corrected chi connectivity index (χ4v) is 4.61. The maximum Gasteiger partial charge on any atom is 0.227 e. The van der Waals surface area contributed by atoms with Crippen LogP contribution in [-0.2, 0) is 17.6 Å². The topological polar surface area (TPSA) is 65.1 Å². The summed E-state index contributed by atoms with van der Waals surface area (Å²) in [6, 6.07) is 5.99. The Morgan fingerprint density at radius 3 is 2.81 bits per heavy atom. The number of H-pyrrole nitrogens is 1. The van der Waals surface area contributed by atoms with E-state index in [1.807, 2.05) is 24.4 Å². The molecule has 1 amide bonds. The van der Waals surface area contributed by atoms with Gasteiger partial charge in [0.1, 0.15) is 5.82 Å². The van der Waals surface area contributed by atoms with Gasteiger partial charge < -0.3 is 9.80 Å². The van der Waals surface area contributed by atoms with Crippen LogP contribution in [0.2, 0.25) is 0 Å². The van der Waals surface area contributed by atoms with Crippen LogP contribution in [0.3, 0.4) is 0 Å². The zero-order valence-electron chi connectivity index (χ0n) is 15.7. The monoisotopic (exact) mass is 365 g/mol. The molecule has 2 fully saturated rings. The third-order valence-electron chi connectivity index (χ3n) is 6.27. The van der Waals surface area contributed by atoms with E-state index in [9.17, 15) is 4.79 Å². The largest absolute Gasteiger partial charge is 0.356 e. The number of hydrogen-bond acceptors (Lipinski definition) is 4. The van der Waals surface area contributed by atoms with Crippen molar-refractivity contribution >= 4 is 11.7 Å². The van der Waals surface area contributed by atoms with Crippen LogP contribution in [0, 0.1) is 5.92 Å². The minimum Gasteiger partial charge on any atom is -0.356 e. The Labute approximate surface area is 160 Å². The minimum atomic E-state index is 0.0817. The first kappa shape index (κ1) is 16.8. The van der Waals surface area contributed by atoms with Gasteiger partial charge in [0.05, 0.1) is 11.6 Å². The summed E-state index contributed by atoms with van der Waals surface area (Å²) in [7, 11) is 0. The van der Waals surface area contributed by atoms with Crippen molar-refractivity contribution in [2.45, 2.75) is 44.4 Å². The Balaban J connectivity index is 1.25. The van der Waals surface area contributed by atoms with Gasteiger partial charge in [-0.05, 0) is 49.8 Å². The highest BCUT2D eigenvalue weighted by Crippen LogP contribution is 2.41. The summed E-state index contributed by atoms with van der Waals surface area (Å²) in [6.07, 6.45) is 8.25. The van der Waals surface area contributed by atoms with Crippen molar-refractivity contribution in [2.24, 2.45) is 5.92 Å². The van der Waals surface area contributed by atoms with Crippen molar-refractivity contribution in [1.82, 2.24) is 20.1 Å². The lowest BCUT2D eigenvalue weighted by atomic mass is 9.96. The molecule has 1 atom stereocenters. The van der Waals surface area contributed by atoms with Gasteiger partial charge in [-0.15, -0.1) is 0 Å². The Bertz CT molecular complexity index is 813. The van der Waals surface area contributed by atoms with Crippen LogP contribution in [0.15, 0.2) is 24.4 Å². The number of aromatic nitrogens is 3. The lowest BCUT2D eigenvalue weighted by molar-refractivity contribution is -0.135. The number of amides is 1. The second-order valence-corrected chi connectivity index (χ2v) is 8.14. The normalized spacial score (nSPS) is 23.0. The predicted octanol–water partition coefficient (Wildman–Crippen LogP) is 2.53. The van der Waals surface area contributed by atoms with Crippen molar-refractivity contribution in [1.29, 1.82) is 0 Å². The van der Waals surface area contributed by atoms with E-state index in [1.165, 1.54) is 29.8 Å². The molecule has 27 heavy (non-hydrogen) atoms. The van der Waals surface area contributed by atoms with Crippen molar-refractivity contribution < 1.29 is 4.79 Å². The molecule has 0 spiro atoms. The minimum absolute atomic E-state index is 0.0817. The molecule has 2 aromatic heterocycles. The van der Waals surface area contributed by atoms with Crippen LogP contribution >= 0.6 is 0 Å². The standard InChI is InChI=1S/C21H27N5O/c27-21(16-4-3-11-26(14-16)19-5-1-2-10-22-19)25-12-8-17-18(9-13-25)23-24-20(17)15-6-7-15/h1-2,5,10,15-16H,3-4,6-9,11-14H2,(H,23,24). The van der Waals surface area contributed by atoms with E-state index in [0.717, 1.165) is 57.7 Å². The number of nitrogens with zero attached hydrogens (tertiary/aromatic N) is 4. The summed E-state index contributed by atoms with van der Waals surface area (Å²) in [5.74, 6) is 2.05. The van der Waals surface area contributed by atoms with Gasteiger partial charge in [-0.3, -0.25) is 9.89 Å². The molecule has 3 aliphatic rings. The molecule has 1 N–H and O–H groups in total. The Morgan fingerprint density at radius 2 is 2.00 bits per heavy atom. The first-order chi connectivity index (χ1) is 13.3. The lowest BCUT2D eigenvalue weighted by Gasteiger charge is -2.35. The van der Waals surface area contributed by atoms with E-state index >= 15 is 0 Å². The number of piperidine rings is 1. The molecule has 6 nitrogen and oxygen atoms in total. The van der Waals surface area contributed by atoms with Gasteiger partial charge in [0.25, 0.3) is 0 Å². The van der Waals surface area contributed by atoms with Gasteiger partial charge in [0, 0.05) is 50.4 Å². The fourth-order valence-electron chi connectivity index (χ4n) is 4.61. The van der Waals surface area contributed by atoms with Gasteiger partial charge in [0.2, 0.25) is 5.91 Å². The molecule has 0 bridgehead atoms. The van der Waals surface area contributed by atoms with Crippen molar-refractivity contribution in [3.05, 3.63) is 41.3 Å². The molecule has 4 heterocycles. The number of hydrogen-bond donors (Lipinski definition) is 1. The van der Waals surface area contributed by atoms with Crippen LogP contribution in [0.1, 0.15) is 48.6 Å². The number of fused-ring (bicyclic) bond motifs is 1. The summed E-state index contributed by atoms with van der Waals surface area (Å²) < 4.78 is 0. The molecule has 0 radical (unpaired) electrons.